The SMILES string of the molecule is CCCCN(CC)c1ccc(/N=C2/C(C(C)(C)C)=Nn3c2nnc3-c2ccccc2OC)c(C)c1. The lowest BCUT2D eigenvalue weighted by atomic mass is 9.87. The fourth-order valence-electron chi connectivity index (χ4n) is 4.28. The lowest BCUT2D eigenvalue weighted by molar-refractivity contribution is 0.416. The van der Waals surface area contributed by atoms with Gasteiger partial charge in [0.1, 0.15) is 11.5 Å². The van der Waals surface area contributed by atoms with Crippen molar-refractivity contribution in [3.8, 4) is 17.1 Å². The molecule has 0 unspecified atom stereocenters. The highest BCUT2D eigenvalue weighted by Crippen LogP contribution is 2.34. The molecule has 184 valence electrons. The third-order valence-electron chi connectivity index (χ3n) is 6.28. The Morgan fingerprint density at radius 2 is 1.77 bits per heavy atom. The van der Waals surface area contributed by atoms with Gasteiger partial charge in [0.25, 0.3) is 0 Å². The van der Waals surface area contributed by atoms with E-state index in [1.54, 1.807) is 11.8 Å². The lowest BCUT2D eigenvalue weighted by Crippen LogP contribution is -2.27. The number of fused-ring (bicyclic) bond motifs is 1. The van der Waals surface area contributed by atoms with E-state index in [9.17, 15) is 0 Å². The van der Waals surface area contributed by atoms with Crippen LogP contribution in [0.1, 0.15) is 58.8 Å². The molecule has 0 bridgehead atoms. The second-order valence-corrected chi connectivity index (χ2v) is 9.92. The molecular weight excluding hydrogens is 436 g/mol. The summed E-state index contributed by atoms with van der Waals surface area (Å²) in [5.74, 6) is 2.03. The molecule has 2 heterocycles. The van der Waals surface area contributed by atoms with Gasteiger partial charge in [-0.25, -0.2) is 4.99 Å². The van der Waals surface area contributed by atoms with Crippen molar-refractivity contribution in [2.24, 2.45) is 15.5 Å². The van der Waals surface area contributed by atoms with Crippen LogP contribution in [0.2, 0.25) is 0 Å². The second-order valence-electron chi connectivity index (χ2n) is 9.92. The lowest BCUT2D eigenvalue weighted by Gasteiger charge is -2.23. The number of aromatic nitrogens is 3. The van der Waals surface area contributed by atoms with Crippen molar-refractivity contribution < 1.29 is 4.74 Å². The summed E-state index contributed by atoms with van der Waals surface area (Å²) in [4.78, 5) is 7.52. The Kier molecular flexibility index (Phi) is 7.05. The van der Waals surface area contributed by atoms with Crippen LogP contribution in [-0.4, -0.2) is 46.5 Å². The summed E-state index contributed by atoms with van der Waals surface area (Å²) in [6, 6.07) is 14.3. The Morgan fingerprint density at radius 1 is 1.03 bits per heavy atom. The first-order valence-corrected chi connectivity index (χ1v) is 12.4. The molecule has 0 saturated heterocycles. The molecule has 2 aromatic carbocycles. The monoisotopic (exact) mass is 472 g/mol. The quantitative estimate of drug-likeness (QED) is 0.387. The highest BCUT2D eigenvalue weighted by atomic mass is 16.5. The molecular formula is C28H36N6O. The molecule has 35 heavy (non-hydrogen) atoms. The molecule has 4 rings (SSSR count). The van der Waals surface area contributed by atoms with Gasteiger partial charge in [-0.15, -0.1) is 10.2 Å². The average Bonchev–Trinajstić information content (AvgIpc) is 3.41. The Hall–Kier alpha value is -3.48. The number of aryl methyl sites for hydroxylation is 1. The van der Waals surface area contributed by atoms with Gasteiger partial charge in [-0.1, -0.05) is 46.2 Å². The number of aliphatic imine (C=N–C) groups is 1. The van der Waals surface area contributed by atoms with Gasteiger partial charge in [-0.3, -0.25) is 0 Å². The molecule has 0 aliphatic carbocycles. The summed E-state index contributed by atoms with van der Waals surface area (Å²) in [6.07, 6.45) is 2.38. The number of unbranched alkanes of at least 4 members (excludes halogenated alkanes) is 1. The van der Waals surface area contributed by atoms with Crippen molar-refractivity contribution in [3.63, 3.8) is 0 Å². The maximum Gasteiger partial charge on any atom is 0.205 e. The number of nitrogens with zero attached hydrogens (tertiary/aromatic N) is 6. The molecule has 1 aliphatic heterocycles. The minimum Gasteiger partial charge on any atom is -0.496 e. The summed E-state index contributed by atoms with van der Waals surface area (Å²) in [7, 11) is 1.66. The first kappa shape index (κ1) is 24.6. The van der Waals surface area contributed by atoms with E-state index in [1.165, 1.54) is 18.5 Å². The molecule has 7 heteroatoms. The molecule has 0 atom stereocenters. The van der Waals surface area contributed by atoms with Crippen LogP contribution in [0.3, 0.4) is 0 Å². The normalized spacial score (nSPS) is 14.3. The van der Waals surface area contributed by atoms with E-state index in [-0.39, 0.29) is 5.41 Å². The Balaban J connectivity index is 1.78. The van der Waals surface area contributed by atoms with Crippen molar-refractivity contribution in [1.82, 2.24) is 14.9 Å². The minimum absolute atomic E-state index is 0.218. The fraction of sp³-hybridized carbons (Fsp3) is 0.429. The highest BCUT2D eigenvalue weighted by Gasteiger charge is 2.36. The molecule has 0 fully saturated rings. The third-order valence-corrected chi connectivity index (χ3v) is 6.28. The molecule has 0 saturated carbocycles. The zero-order valence-corrected chi connectivity index (χ0v) is 22.0. The van der Waals surface area contributed by atoms with Gasteiger partial charge in [0, 0.05) is 24.2 Å². The van der Waals surface area contributed by atoms with Gasteiger partial charge in [0.2, 0.25) is 5.82 Å². The summed E-state index contributed by atoms with van der Waals surface area (Å²) in [5, 5.41) is 13.9. The fourth-order valence-corrected chi connectivity index (χ4v) is 4.28. The van der Waals surface area contributed by atoms with Crippen LogP contribution in [-0.2, 0) is 0 Å². The minimum atomic E-state index is -0.218. The molecule has 0 amide bonds. The molecule has 3 aromatic rings. The summed E-state index contributed by atoms with van der Waals surface area (Å²) >= 11 is 0. The molecule has 1 aliphatic rings. The van der Waals surface area contributed by atoms with E-state index < -0.39 is 0 Å². The number of methoxy groups -OCH3 is 1. The summed E-state index contributed by atoms with van der Waals surface area (Å²) < 4.78 is 7.36. The van der Waals surface area contributed by atoms with Crippen LogP contribution in [0, 0.1) is 12.3 Å². The van der Waals surface area contributed by atoms with Crippen molar-refractivity contribution >= 4 is 22.8 Å². The van der Waals surface area contributed by atoms with Crippen LogP contribution in [0.5, 0.6) is 5.75 Å². The smallest absolute Gasteiger partial charge is 0.205 e. The van der Waals surface area contributed by atoms with Gasteiger partial charge >= 0.3 is 0 Å². The molecule has 0 N–H and O–H groups in total. The largest absolute Gasteiger partial charge is 0.496 e. The molecule has 0 spiro atoms. The van der Waals surface area contributed by atoms with Crippen molar-refractivity contribution in [2.75, 3.05) is 25.1 Å². The topological polar surface area (TPSA) is 67.9 Å². The number of ether oxygens (including phenoxy) is 1. The number of anilines is 1. The third kappa shape index (κ3) is 4.85. The van der Waals surface area contributed by atoms with Crippen LogP contribution in [0.4, 0.5) is 11.4 Å². The highest BCUT2D eigenvalue weighted by molar-refractivity contribution is 6.50. The Morgan fingerprint density at radius 3 is 2.43 bits per heavy atom. The second kappa shape index (κ2) is 10.0. The van der Waals surface area contributed by atoms with Crippen molar-refractivity contribution in [1.29, 1.82) is 0 Å². The van der Waals surface area contributed by atoms with E-state index in [0.717, 1.165) is 47.1 Å². The summed E-state index contributed by atoms with van der Waals surface area (Å²) in [5.41, 5.74) is 5.56. The Labute approximate surface area is 208 Å². The standard InChI is InChI=1S/C28H36N6O/c1-8-10-17-33(9-2)20-15-16-22(19(3)18-20)29-24-25(28(4,5)6)32-34-26(30-31-27(24)34)21-13-11-12-14-23(21)35-7/h11-16,18H,8-10,17H2,1-7H3/b29-24-. The predicted molar refractivity (Wildman–Crippen MR) is 144 cm³/mol. The van der Waals surface area contributed by atoms with E-state index in [4.69, 9.17) is 14.8 Å². The van der Waals surface area contributed by atoms with Gasteiger partial charge in [-0.05, 0) is 56.2 Å². The number of hydrogen-bond acceptors (Lipinski definition) is 6. The van der Waals surface area contributed by atoms with Gasteiger partial charge in [0.15, 0.2) is 5.82 Å². The van der Waals surface area contributed by atoms with Crippen LogP contribution in [0.25, 0.3) is 11.4 Å². The molecule has 7 nitrogen and oxygen atoms in total. The van der Waals surface area contributed by atoms with Crippen LogP contribution >= 0.6 is 0 Å². The number of hydrogen-bond donors (Lipinski definition) is 0. The van der Waals surface area contributed by atoms with E-state index in [2.05, 4.69) is 74.8 Å². The van der Waals surface area contributed by atoms with Gasteiger partial charge in [0.05, 0.1) is 24.1 Å². The molecule has 0 radical (unpaired) electrons. The zero-order valence-electron chi connectivity index (χ0n) is 22.0. The number of rotatable bonds is 8. The first-order chi connectivity index (χ1) is 16.8. The summed E-state index contributed by atoms with van der Waals surface area (Å²) in [6.45, 7) is 15.0. The van der Waals surface area contributed by atoms with E-state index in [1.807, 2.05) is 24.3 Å². The maximum absolute atomic E-state index is 5.56. The molecule has 1 aromatic heterocycles. The van der Waals surface area contributed by atoms with Crippen molar-refractivity contribution in [3.05, 3.63) is 53.9 Å². The Bertz CT molecular complexity index is 1260. The van der Waals surface area contributed by atoms with Crippen LogP contribution in [0.15, 0.2) is 52.6 Å². The predicted octanol–water partition coefficient (Wildman–Crippen LogP) is 6.27. The van der Waals surface area contributed by atoms with Crippen molar-refractivity contribution in [2.45, 2.75) is 54.4 Å². The van der Waals surface area contributed by atoms with Gasteiger partial charge < -0.3 is 9.64 Å². The zero-order chi connectivity index (χ0) is 25.2. The van der Waals surface area contributed by atoms with E-state index in [0.29, 0.717) is 11.6 Å². The van der Waals surface area contributed by atoms with Crippen LogP contribution < -0.4 is 9.64 Å². The maximum atomic E-state index is 5.56. The average molecular weight is 473 g/mol. The first-order valence-electron chi connectivity index (χ1n) is 12.4. The van der Waals surface area contributed by atoms with E-state index >= 15 is 0 Å². The van der Waals surface area contributed by atoms with Gasteiger partial charge in [-0.2, -0.15) is 9.78 Å². The number of benzene rings is 2. The number of para-hydroxylation sites is 1.